The molecule has 82 valence electrons. The van der Waals surface area contributed by atoms with Gasteiger partial charge in [0.25, 0.3) is 5.91 Å². The topological polar surface area (TPSA) is 55.1 Å². The number of hydrogen-bond donors (Lipinski definition) is 2. The second-order valence-corrected chi connectivity index (χ2v) is 4.39. The minimum atomic E-state index is -0.186. The standard InChI is InChI=1S/C11H9ClN2OS/c12-9-2-1-8(13)5-10(9)14-11(15)7-3-4-16-6-7/h1-6H,13H2,(H,14,15). The maximum atomic E-state index is 11.7. The molecule has 1 amide bonds. The van der Waals surface area contributed by atoms with Gasteiger partial charge in [-0.25, -0.2) is 0 Å². The molecule has 5 heteroatoms. The fraction of sp³-hybridized carbons (Fsp3) is 0. The van der Waals surface area contributed by atoms with E-state index >= 15 is 0 Å². The number of benzene rings is 1. The molecule has 0 bridgehead atoms. The molecule has 0 fully saturated rings. The number of rotatable bonds is 2. The third-order valence-electron chi connectivity index (χ3n) is 2.02. The van der Waals surface area contributed by atoms with E-state index in [1.807, 2.05) is 5.38 Å². The summed E-state index contributed by atoms with van der Waals surface area (Å²) in [7, 11) is 0. The average Bonchev–Trinajstić information content (AvgIpc) is 2.76. The summed E-state index contributed by atoms with van der Waals surface area (Å²) in [4.78, 5) is 11.7. The van der Waals surface area contributed by atoms with Crippen molar-refractivity contribution in [1.29, 1.82) is 0 Å². The minimum Gasteiger partial charge on any atom is -0.399 e. The number of nitrogens with two attached hydrogens (primary N) is 1. The predicted molar refractivity (Wildman–Crippen MR) is 68.1 cm³/mol. The molecular formula is C11H9ClN2OS. The van der Waals surface area contributed by atoms with E-state index in [4.69, 9.17) is 17.3 Å². The molecule has 1 heterocycles. The summed E-state index contributed by atoms with van der Waals surface area (Å²) in [5, 5.41) is 6.80. The maximum absolute atomic E-state index is 11.7. The number of amides is 1. The lowest BCUT2D eigenvalue weighted by Gasteiger charge is -2.06. The van der Waals surface area contributed by atoms with E-state index in [9.17, 15) is 4.79 Å². The molecule has 1 aromatic carbocycles. The van der Waals surface area contributed by atoms with Crippen LogP contribution in [-0.2, 0) is 0 Å². The number of nitrogen functional groups attached to an aromatic ring is 1. The molecule has 3 nitrogen and oxygen atoms in total. The third kappa shape index (κ3) is 2.35. The van der Waals surface area contributed by atoms with Crippen LogP contribution in [0.25, 0.3) is 0 Å². The first-order valence-corrected chi connectivity index (χ1v) is 5.87. The van der Waals surface area contributed by atoms with Gasteiger partial charge in [0.2, 0.25) is 0 Å². The quantitative estimate of drug-likeness (QED) is 0.807. The minimum absolute atomic E-state index is 0.186. The highest BCUT2D eigenvalue weighted by Gasteiger charge is 2.08. The summed E-state index contributed by atoms with van der Waals surface area (Å²) in [6.07, 6.45) is 0. The van der Waals surface area contributed by atoms with Gasteiger partial charge in [-0.15, -0.1) is 0 Å². The number of carbonyl (C=O) groups excluding carboxylic acids is 1. The van der Waals surface area contributed by atoms with E-state index in [0.717, 1.165) is 0 Å². The van der Waals surface area contributed by atoms with Crippen LogP contribution in [-0.4, -0.2) is 5.91 Å². The van der Waals surface area contributed by atoms with Gasteiger partial charge in [0.05, 0.1) is 16.3 Å². The summed E-state index contributed by atoms with van der Waals surface area (Å²) < 4.78 is 0. The van der Waals surface area contributed by atoms with E-state index in [1.165, 1.54) is 11.3 Å². The van der Waals surface area contributed by atoms with Crippen LogP contribution in [0.15, 0.2) is 35.0 Å². The normalized spacial score (nSPS) is 10.1. The van der Waals surface area contributed by atoms with Crippen LogP contribution in [0.2, 0.25) is 5.02 Å². The van der Waals surface area contributed by atoms with Gasteiger partial charge in [-0.3, -0.25) is 4.79 Å². The number of thiophene rings is 1. The zero-order valence-electron chi connectivity index (χ0n) is 8.24. The molecule has 0 saturated carbocycles. The molecule has 0 aliphatic heterocycles. The smallest absolute Gasteiger partial charge is 0.256 e. The lowest BCUT2D eigenvalue weighted by molar-refractivity contribution is 0.102. The van der Waals surface area contributed by atoms with Crippen LogP contribution >= 0.6 is 22.9 Å². The first-order chi connectivity index (χ1) is 7.66. The van der Waals surface area contributed by atoms with Gasteiger partial charge < -0.3 is 11.1 Å². The third-order valence-corrected chi connectivity index (χ3v) is 3.03. The number of carbonyl (C=O) groups is 1. The molecule has 16 heavy (non-hydrogen) atoms. The Kier molecular flexibility index (Phi) is 3.12. The lowest BCUT2D eigenvalue weighted by atomic mass is 10.2. The molecule has 0 aliphatic carbocycles. The first-order valence-electron chi connectivity index (χ1n) is 4.55. The van der Waals surface area contributed by atoms with E-state index in [2.05, 4.69) is 5.32 Å². The maximum Gasteiger partial charge on any atom is 0.256 e. The Balaban J connectivity index is 2.21. The van der Waals surface area contributed by atoms with E-state index in [-0.39, 0.29) is 5.91 Å². The Morgan fingerprint density at radius 3 is 2.88 bits per heavy atom. The highest BCUT2D eigenvalue weighted by atomic mass is 35.5. The molecule has 0 unspecified atom stereocenters. The van der Waals surface area contributed by atoms with E-state index in [1.54, 1.807) is 29.6 Å². The van der Waals surface area contributed by atoms with Crippen LogP contribution in [0, 0.1) is 0 Å². The van der Waals surface area contributed by atoms with Gasteiger partial charge in [-0.05, 0) is 29.6 Å². The van der Waals surface area contributed by atoms with Crippen molar-refractivity contribution in [2.75, 3.05) is 11.1 Å². The molecule has 2 aromatic rings. The summed E-state index contributed by atoms with van der Waals surface area (Å²) >= 11 is 7.40. The van der Waals surface area contributed by atoms with Crippen LogP contribution in [0.3, 0.4) is 0 Å². The Morgan fingerprint density at radius 2 is 2.19 bits per heavy atom. The summed E-state index contributed by atoms with van der Waals surface area (Å²) in [5.41, 5.74) is 7.31. The predicted octanol–water partition coefficient (Wildman–Crippen LogP) is 3.24. The molecular weight excluding hydrogens is 244 g/mol. The Labute approximate surface area is 102 Å². The van der Waals surface area contributed by atoms with Crippen molar-refractivity contribution in [2.24, 2.45) is 0 Å². The SMILES string of the molecule is Nc1ccc(Cl)c(NC(=O)c2ccsc2)c1. The molecule has 0 spiro atoms. The van der Waals surface area contributed by atoms with Gasteiger partial charge in [-0.2, -0.15) is 11.3 Å². The van der Waals surface area contributed by atoms with Gasteiger partial charge >= 0.3 is 0 Å². The molecule has 0 atom stereocenters. The fourth-order valence-electron chi connectivity index (χ4n) is 1.23. The largest absolute Gasteiger partial charge is 0.399 e. The zero-order chi connectivity index (χ0) is 11.5. The Hall–Kier alpha value is -1.52. The molecule has 2 rings (SSSR count). The molecule has 0 radical (unpaired) electrons. The van der Waals surface area contributed by atoms with Crippen LogP contribution in [0.5, 0.6) is 0 Å². The molecule has 1 aromatic heterocycles. The Morgan fingerprint density at radius 1 is 1.38 bits per heavy atom. The van der Waals surface area contributed by atoms with Crippen molar-refractivity contribution in [1.82, 2.24) is 0 Å². The van der Waals surface area contributed by atoms with Crippen molar-refractivity contribution in [3.63, 3.8) is 0 Å². The molecule has 0 aliphatic rings. The van der Waals surface area contributed by atoms with Crippen molar-refractivity contribution in [3.8, 4) is 0 Å². The first kappa shape index (κ1) is 11.0. The second-order valence-electron chi connectivity index (χ2n) is 3.21. The number of hydrogen-bond acceptors (Lipinski definition) is 3. The second kappa shape index (κ2) is 4.55. The highest BCUT2D eigenvalue weighted by molar-refractivity contribution is 7.08. The number of anilines is 2. The van der Waals surface area contributed by atoms with E-state index in [0.29, 0.717) is 22.0 Å². The van der Waals surface area contributed by atoms with Gasteiger partial charge in [0.1, 0.15) is 0 Å². The van der Waals surface area contributed by atoms with Crippen LogP contribution in [0.1, 0.15) is 10.4 Å². The van der Waals surface area contributed by atoms with Crippen molar-refractivity contribution in [2.45, 2.75) is 0 Å². The van der Waals surface area contributed by atoms with Gasteiger partial charge in [0.15, 0.2) is 0 Å². The lowest BCUT2D eigenvalue weighted by Crippen LogP contribution is -2.11. The van der Waals surface area contributed by atoms with Crippen molar-refractivity contribution >= 4 is 40.2 Å². The highest BCUT2D eigenvalue weighted by Crippen LogP contribution is 2.24. The average molecular weight is 253 g/mol. The van der Waals surface area contributed by atoms with Crippen LogP contribution < -0.4 is 11.1 Å². The van der Waals surface area contributed by atoms with Gasteiger partial charge in [-0.1, -0.05) is 11.6 Å². The zero-order valence-corrected chi connectivity index (χ0v) is 9.81. The van der Waals surface area contributed by atoms with Crippen molar-refractivity contribution in [3.05, 3.63) is 45.6 Å². The molecule has 0 saturated heterocycles. The summed E-state index contributed by atoms with van der Waals surface area (Å²) in [5.74, 6) is -0.186. The fourth-order valence-corrected chi connectivity index (χ4v) is 2.03. The van der Waals surface area contributed by atoms with Gasteiger partial charge in [0, 0.05) is 11.1 Å². The summed E-state index contributed by atoms with van der Waals surface area (Å²) in [6.45, 7) is 0. The van der Waals surface area contributed by atoms with Crippen molar-refractivity contribution < 1.29 is 4.79 Å². The monoisotopic (exact) mass is 252 g/mol. The number of nitrogens with one attached hydrogen (secondary N) is 1. The van der Waals surface area contributed by atoms with Crippen LogP contribution in [0.4, 0.5) is 11.4 Å². The number of halogens is 1. The Bertz CT molecular complexity index is 511. The molecule has 3 N–H and O–H groups in total. The van der Waals surface area contributed by atoms with E-state index < -0.39 is 0 Å². The summed E-state index contributed by atoms with van der Waals surface area (Å²) in [6, 6.07) is 6.72.